The lowest BCUT2D eigenvalue weighted by Gasteiger charge is -2.30. The highest BCUT2D eigenvalue weighted by Crippen LogP contribution is 2.22. The predicted molar refractivity (Wildman–Crippen MR) is 145 cm³/mol. The molecule has 1 aliphatic carbocycles. The number of benzene rings is 2. The second-order valence-corrected chi connectivity index (χ2v) is 10.4. The van der Waals surface area contributed by atoms with Crippen LogP contribution in [-0.2, 0) is 27.3 Å². The first-order valence-corrected chi connectivity index (χ1v) is 13.7. The zero-order chi connectivity index (χ0) is 26.9. The minimum Gasteiger partial charge on any atom is -0.347 e. The number of ketones is 1. The number of amides is 4. The first-order chi connectivity index (χ1) is 18.4. The van der Waals surface area contributed by atoms with Crippen molar-refractivity contribution in [3.8, 4) is 0 Å². The lowest BCUT2D eigenvalue weighted by molar-refractivity contribution is -0.145. The smallest absolute Gasteiger partial charge is 0.318 e. The molecule has 8 heteroatoms. The molecule has 4 amide bonds. The Hall–Kier alpha value is -3.68. The number of urea groups is 1. The maximum atomic E-state index is 13.8. The average molecular weight is 519 g/mol. The molecule has 1 saturated heterocycles. The van der Waals surface area contributed by atoms with Crippen LogP contribution in [0.15, 0.2) is 60.7 Å². The van der Waals surface area contributed by atoms with Gasteiger partial charge in [-0.2, -0.15) is 0 Å². The predicted octanol–water partition coefficient (Wildman–Crippen LogP) is 3.45. The van der Waals surface area contributed by atoms with E-state index in [1.54, 1.807) is 7.05 Å². The van der Waals surface area contributed by atoms with Crippen LogP contribution in [-0.4, -0.2) is 65.1 Å². The van der Waals surface area contributed by atoms with Crippen LogP contribution in [0.3, 0.4) is 0 Å². The standard InChI is InChI=1S/C30H38N4O4/c1-33(21-23-14-7-3-8-15-23)30(38)32-25(20-22-12-5-2-6-13-22)29(37)34-19-11-18-26(34)27(35)28(36)31-24-16-9-4-10-17-24/h2-3,5-8,12-15,24-26H,4,9-11,16-21H2,1H3,(H,31,36)(H,32,38)/t25-,26?/m0/s1. The summed E-state index contributed by atoms with van der Waals surface area (Å²) in [4.78, 5) is 55.9. The number of hydrogen-bond donors (Lipinski definition) is 2. The van der Waals surface area contributed by atoms with Crippen LogP contribution in [0.4, 0.5) is 4.79 Å². The normalized spacial score (nSPS) is 18.4. The molecule has 0 spiro atoms. The zero-order valence-corrected chi connectivity index (χ0v) is 22.1. The van der Waals surface area contributed by atoms with Crippen LogP contribution in [0.1, 0.15) is 56.1 Å². The highest BCUT2D eigenvalue weighted by atomic mass is 16.2. The molecule has 8 nitrogen and oxygen atoms in total. The van der Waals surface area contributed by atoms with Gasteiger partial charge < -0.3 is 20.4 Å². The van der Waals surface area contributed by atoms with E-state index < -0.39 is 23.8 Å². The first kappa shape index (κ1) is 27.4. The van der Waals surface area contributed by atoms with Gasteiger partial charge in [0.15, 0.2) is 0 Å². The molecule has 2 aliphatic rings. The van der Waals surface area contributed by atoms with Crippen LogP contribution < -0.4 is 10.6 Å². The van der Waals surface area contributed by atoms with E-state index in [0.717, 1.165) is 43.2 Å². The molecule has 1 aliphatic heterocycles. The van der Waals surface area contributed by atoms with Crippen molar-refractivity contribution in [3.05, 3.63) is 71.8 Å². The summed E-state index contributed by atoms with van der Waals surface area (Å²) >= 11 is 0. The highest BCUT2D eigenvalue weighted by Gasteiger charge is 2.40. The SMILES string of the molecule is CN(Cc1ccccc1)C(=O)N[C@@H](Cc1ccccc1)C(=O)N1CCCC1C(=O)C(=O)NC1CCCCC1. The average Bonchev–Trinajstić information content (AvgIpc) is 3.43. The lowest BCUT2D eigenvalue weighted by atomic mass is 9.95. The van der Waals surface area contributed by atoms with Crippen molar-refractivity contribution in [1.82, 2.24) is 20.4 Å². The van der Waals surface area contributed by atoms with E-state index in [2.05, 4.69) is 10.6 Å². The molecule has 1 saturated carbocycles. The van der Waals surface area contributed by atoms with Gasteiger partial charge in [-0.3, -0.25) is 14.4 Å². The minimum absolute atomic E-state index is 0.0241. The topological polar surface area (TPSA) is 98.8 Å². The Morgan fingerprint density at radius 3 is 2.16 bits per heavy atom. The van der Waals surface area contributed by atoms with Crippen LogP contribution in [0, 0.1) is 0 Å². The van der Waals surface area contributed by atoms with Crippen LogP contribution >= 0.6 is 0 Å². The van der Waals surface area contributed by atoms with Crippen LogP contribution in [0.5, 0.6) is 0 Å². The van der Waals surface area contributed by atoms with Gasteiger partial charge in [0, 0.05) is 32.6 Å². The minimum atomic E-state index is -0.863. The van der Waals surface area contributed by atoms with Gasteiger partial charge in [0.25, 0.3) is 5.91 Å². The van der Waals surface area contributed by atoms with E-state index in [4.69, 9.17) is 0 Å². The van der Waals surface area contributed by atoms with Crippen molar-refractivity contribution in [2.24, 2.45) is 0 Å². The Morgan fingerprint density at radius 1 is 0.868 bits per heavy atom. The molecule has 2 aromatic carbocycles. The number of rotatable bonds is 9. The summed E-state index contributed by atoms with van der Waals surface area (Å²) < 4.78 is 0. The van der Waals surface area contributed by atoms with Crippen molar-refractivity contribution >= 4 is 23.6 Å². The second-order valence-electron chi connectivity index (χ2n) is 10.4. The molecule has 1 unspecified atom stereocenters. The van der Waals surface area contributed by atoms with Gasteiger partial charge in [0.05, 0.1) is 0 Å². The van der Waals surface area contributed by atoms with E-state index >= 15 is 0 Å². The van der Waals surface area contributed by atoms with Gasteiger partial charge in [-0.25, -0.2) is 4.79 Å². The molecular formula is C30H38N4O4. The number of nitrogens with zero attached hydrogens (tertiary/aromatic N) is 2. The number of hydrogen-bond acceptors (Lipinski definition) is 4. The maximum absolute atomic E-state index is 13.8. The Balaban J connectivity index is 1.45. The summed E-state index contributed by atoms with van der Waals surface area (Å²) in [6.07, 6.45) is 6.39. The molecule has 38 heavy (non-hydrogen) atoms. The quantitative estimate of drug-likeness (QED) is 0.497. The molecule has 0 aromatic heterocycles. The monoisotopic (exact) mass is 518 g/mol. The van der Waals surface area contributed by atoms with E-state index in [1.807, 2.05) is 60.7 Å². The van der Waals surface area contributed by atoms with Gasteiger partial charge in [0.2, 0.25) is 11.7 Å². The lowest BCUT2D eigenvalue weighted by Crippen LogP contribution is -2.56. The Labute approximate surface area is 224 Å². The van der Waals surface area contributed by atoms with Crippen molar-refractivity contribution in [2.75, 3.05) is 13.6 Å². The van der Waals surface area contributed by atoms with Crippen LogP contribution in [0.25, 0.3) is 0 Å². The number of likely N-dealkylation sites (tertiary alicyclic amines) is 1. The third-order valence-corrected chi connectivity index (χ3v) is 7.49. The van der Waals surface area contributed by atoms with Crippen molar-refractivity contribution in [1.29, 1.82) is 0 Å². The summed E-state index contributed by atoms with van der Waals surface area (Å²) in [6.45, 7) is 0.776. The molecular weight excluding hydrogens is 480 g/mol. The third-order valence-electron chi connectivity index (χ3n) is 7.49. The third kappa shape index (κ3) is 7.21. The molecule has 4 rings (SSSR count). The van der Waals surface area contributed by atoms with E-state index in [9.17, 15) is 19.2 Å². The zero-order valence-electron chi connectivity index (χ0n) is 22.1. The van der Waals surface area contributed by atoms with Crippen molar-refractivity contribution in [3.63, 3.8) is 0 Å². The van der Waals surface area contributed by atoms with Gasteiger partial charge in [-0.15, -0.1) is 0 Å². The summed E-state index contributed by atoms with van der Waals surface area (Å²) in [5, 5.41) is 5.79. The molecule has 0 radical (unpaired) electrons. The molecule has 2 aromatic rings. The largest absolute Gasteiger partial charge is 0.347 e. The van der Waals surface area contributed by atoms with Gasteiger partial charge in [-0.1, -0.05) is 79.9 Å². The van der Waals surface area contributed by atoms with Gasteiger partial charge >= 0.3 is 6.03 Å². The summed E-state index contributed by atoms with van der Waals surface area (Å²) in [6, 6.07) is 17.1. The van der Waals surface area contributed by atoms with Crippen molar-refractivity contribution < 1.29 is 19.2 Å². The second kappa shape index (κ2) is 13.2. The van der Waals surface area contributed by atoms with Gasteiger partial charge in [0.1, 0.15) is 12.1 Å². The molecule has 202 valence electrons. The molecule has 1 heterocycles. The fourth-order valence-corrected chi connectivity index (χ4v) is 5.40. The summed E-state index contributed by atoms with van der Waals surface area (Å²) in [7, 11) is 1.68. The maximum Gasteiger partial charge on any atom is 0.318 e. The number of nitrogens with one attached hydrogen (secondary N) is 2. The number of carbonyl (C=O) groups is 4. The fourth-order valence-electron chi connectivity index (χ4n) is 5.40. The number of carbonyl (C=O) groups excluding carboxylic acids is 4. The van der Waals surface area contributed by atoms with Crippen molar-refractivity contribution in [2.45, 2.75) is 76.0 Å². The molecule has 2 N–H and O–H groups in total. The van der Waals surface area contributed by atoms with E-state index in [0.29, 0.717) is 25.9 Å². The number of Topliss-reactive ketones (excluding diaryl/α,β-unsaturated/α-hetero) is 1. The Bertz CT molecular complexity index is 1100. The molecule has 0 bridgehead atoms. The Morgan fingerprint density at radius 2 is 1.50 bits per heavy atom. The fraction of sp³-hybridized carbons (Fsp3) is 0.467. The molecule has 2 fully saturated rings. The van der Waals surface area contributed by atoms with E-state index in [1.165, 1.54) is 9.80 Å². The summed E-state index contributed by atoms with van der Waals surface area (Å²) in [5.74, 6) is -1.50. The Kier molecular flexibility index (Phi) is 9.51. The molecule has 2 atom stereocenters. The van der Waals surface area contributed by atoms with Crippen LogP contribution in [0.2, 0.25) is 0 Å². The highest BCUT2D eigenvalue weighted by molar-refractivity contribution is 6.38. The van der Waals surface area contributed by atoms with E-state index in [-0.39, 0.29) is 24.4 Å². The summed E-state index contributed by atoms with van der Waals surface area (Å²) in [5.41, 5.74) is 1.87. The first-order valence-electron chi connectivity index (χ1n) is 13.7. The van der Waals surface area contributed by atoms with Gasteiger partial charge in [-0.05, 0) is 36.8 Å².